The third-order valence-electron chi connectivity index (χ3n) is 4.07. The van der Waals surface area contributed by atoms with Gasteiger partial charge in [-0.3, -0.25) is 0 Å². The normalized spacial score (nSPS) is 11.1. The molecule has 0 bridgehead atoms. The topological polar surface area (TPSA) is 69.1 Å². The molecule has 3 N–H and O–H groups in total. The molecule has 0 saturated heterocycles. The maximum atomic E-state index is 13.5. The van der Waals surface area contributed by atoms with Crippen LogP contribution >= 0.6 is 0 Å². The van der Waals surface area contributed by atoms with Crippen LogP contribution < -0.4 is 0 Å². The highest BCUT2D eigenvalue weighted by Gasteiger charge is 2.12. The second kappa shape index (κ2) is 5.59. The number of aromatic hydroxyl groups is 2. The number of pyridine rings is 1. The fourth-order valence-electron chi connectivity index (χ4n) is 2.77. The molecule has 25 heavy (non-hydrogen) atoms. The van der Waals surface area contributed by atoms with Gasteiger partial charge in [-0.05, 0) is 41.5 Å². The number of H-pyrrole nitrogens is 1. The SMILES string of the molecule is Oc1ccc(-c2cnc3[nH]cc(-c4ccc(F)c(F)c4)c3c2)cc1O. The van der Waals surface area contributed by atoms with E-state index in [1.54, 1.807) is 18.5 Å². The minimum absolute atomic E-state index is 0.207. The summed E-state index contributed by atoms with van der Waals surface area (Å²) >= 11 is 0. The molecule has 0 amide bonds. The first-order chi connectivity index (χ1) is 12.0. The molecule has 0 aliphatic rings. The zero-order chi connectivity index (χ0) is 17.6. The lowest BCUT2D eigenvalue weighted by atomic mass is 10.0. The average molecular weight is 338 g/mol. The molecule has 0 saturated carbocycles. The van der Waals surface area contributed by atoms with Crippen molar-refractivity contribution in [3.8, 4) is 33.8 Å². The smallest absolute Gasteiger partial charge is 0.159 e. The van der Waals surface area contributed by atoms with E-state index in [2.05, 4.69) is 9.97 Å². The van der Waals surface area contributed by atoms with Crippen molar-refractivity contribution < 1.29 is 19.0 Å². The predicted octanol–water partition coefficient (Wildman–Crippen LogP) is 4.59. The average Bonchev–Trinajstić information content (AvgIpc) is 3.03. The van der Waals surface area contributed by atoms with Crippen molar-refractivity contribution in [2.75, 3.05) is 0 Å². The molecule has 124 valence electrons. The Balaban J connectivity index is 1.87. The van der Waals surface area contributed by atoms with Gasteiger partial charge < -0.3 is 15.2 Å². The van der Waals surface area contributed by atoms with Gasteiger partial charge in [0.1, 0.15) is 5.65 Å². The minimum atomic E-state index is -0.917. The zero-order valence-electron chi connectivity index (χ0n) is 12.8. The number of aromatic nitrogens is 2. The summed E-state index contributed by atoms with van der Waals surface area (Å²) < 4.78 is 26.7. The van der Waals surface area contributed by atoms with Crippen LogP contribution in [-0.2, 0) is 0 Å². The molecule has 2 heterocycles. The second-order valence-electron chi connectivity index (χ2n) is 5.65. The minimum Gasteiger partial charge on any atom is -0.504 e. The molecule has 4 rings (SSSR count). The van der Waals surface area contributed by atoms with E-state index in [9.17, 15) is 19.0 Å². The van der Waals surface area contributed by atoms with E-state index in [-0.39, 0.29) is 11.5 Å². The molecular weight excluding hydrogens is 326 g/mol. The van der Waals surface area contributed by atoms with Gasteiger partial charge in [-0.25, -0.2) is 13.8 Å². The summed E-state index contributed by atoms with van der Waals surface area (Å²) in [6.07, 6.45) is 3.31. The van der Waals surface area contributed by atoms with Crippen molar-refractivity contribution >= 4 is 11.0 Å². The summed E-state index contributed by atoms with van der Waals surface area (Å²) in [4.78, 5) is 7.33. The van der Waals surface area contributed by atoms with Gasteiger partial charge in [-0.15, -0.1) is 0 Å². The van der Waals surface area contributed by atoms with E-state index in [4.69, 9.17) is 0 Å². The van der Waals surface area contributed by atoms with Gasteiger partial charge in [0.25, 0.3) is 0 Å². The Morgan fingerprint density at radius 2 is 1.60 bits per heavy atom. The van der Waals surface area contributed by atoms with Gasteiger partial charge in [0.15, 0.2) is 23.1 Å². The number of halogens is 2. The Morgan fingerprint density at radius 1 is 0.800 bits per heavy atom. The summed E-state index contributed by atoms with van der Waals surface area (Å²) in [6, 6.07) is 10.0. The molecule has 0 unspecified atom stereocenters. The van der Waals surface area contributed by atoms with Crippen molar-refractivity contribution in [1.29, 1.82) is 0 Å². The molecule has 2 aromatic heterocycles. The summed E-state index contributed by atoms with van der Waals surface area (Å²) in [5, 5.41) is 19.8. The van der Waals surface area contributed by atoms with Gasteiger partial charge >= 0.3 is 0 Å². The molecule has 0 aliphatic carbocycles. The highest BCUT2D eigenvalue weighted by Crippen LogP contribution is 2.34. The van der Waals surface area contributed by atoms with Gasteiger partial charge in [0.05, 0.1) is 0 Å². The molecule has 0 spiro atoms. The fourth-order valence-corrected chi connectivity index (χ4v) is 2.77. The third-order valence-corrected chi connectivity index (χ3v) is 4.07. The summed E-state index contributed by atoms with van der Waals surface area (Å²) in [7, 11) is 0. The van der Waals surface area contributed by atoms with Crippen LogP contribution in [0.1, 0.15) is 0 Å². The van der Waals surface area contributed by atoms with Crippen molar-refractivity contribution in [2.45, 2.75) is 0 Å². The van der Waals surface area contributed by atoms with Crippen LogP contribution in [0.2, 0.25) is 0 Å². The van der Waals surface area contributed by atoms with E-state index >= 15 is 0 Å². The lowest BCUT2D eigenvalue weighted by molar-refractivity contribution is 0.404. The first kappa shape index (κ1) is 15.1. The van der Waals surface area contributed by atoms with Crippen LogP contribution in [0.25, 0.3) is 33.3 Å². The Hall–Kier alpha value is -3.41. The summed E-state index contributed by atoms with van der Waals surface area (Å²) in [6.45, 7) is 0. The highest BCUT2D eigenvalue weighted by molar-refractivity contribution is 5.95. The predicted molar refractivity (Wildman–Crippen MR) is 90.2 cm³/mol. The van der Waals surface area contributed by atoms with Crippen LogP contribution in [0.15, 0.2) is 54.9 Å². The quantitative estimate of drug-likeness (QED) is 0.468. The van der Waals surface area contributed by atoms with Gasteiger partial charge in [0, 0.05) is 28.9 Å². The lowest BCUT2D eigenvalue weighted by Gasteiger charge is -2.05. The first-order valence-corrected chi connectivity index (χ1v) is 7.48. The molecule has 0 fully saturated rings. The molecule has 0 atom stereocenters. The number of fused-ring (bicyclic) bond motifs is 1. The van der Waals surface area contributed by atoms with E-state index in [0.717, 1.165) is 17.5 Å². The Labute approximate surface area is 141 Å². The third kappa shape index (κ3) is 2.57. The van der Waals surface area contributed by atoms with Crippen molar-refractivity contribution in [3.63, 3.8) is 0 Å². The van der Waals surface area contributed by atoms with Crippen molar-refractivity contribution in [3.05, 3.63) is 66.5 Å². The second-order valence-corrected chi connectivity index (χ2v) is 5.65. The number of aromatic amines is 1. The Morgan fingerprint density at radius 3 is 2.36 bits per heavy atom. The standard InChI is InChI=1S/C19H12F2N2O2/c20-15-3-1-11(6-16(15)21)14-9-23-19-13(14)5-12(8-22-19)10-2-4-17(24)18(25)7-10/h1-9,24-25H,(H,22,23). The van der Waals surface area contributed by atoms with Gasteiger partial charge in [-0.1, -0.05) is 12.1 Å². The maximum Gasteiger partial charge on any atom is 0.159 e. The molecule has 4 nitrogen and oxygen atoms in total. The Kier molecular flexibility index (Phi) is 3.39. The van der Waals surface area contributed by atoms with E-state index in [1.165, 1.54) is 18.2 Å². The monoisotopic (exact) mass is 338 g/mol. The number of hydrogen-bond donors (Lipinski definition) is 3. The van der Waals surface area contributed by atoms with Crippen LogP contribution in [0.3, 0.4) is 0 Å². The van der Waals surface area contributed by atoms with Crippen LogP contribution in [-0.4, -0.2) is 20.2 Å². The van der Waals surface area contributed by atoms with E-state index < -0.39 is 11.6 Å². The highest BCUT2D eigenvalue weighted by atomic mass is 19.2. The zero-order valence-corrected chi connectivity index (χ0v) is 12.8. The van der Waals surface area contributed by atoms with Crippen LogP contribution in [0.5, 0.6) is 11.5 Å². The fraction of sp³-hybridized carbons (Fsp3) is 0. The molecule has 0 radical (unpaired) electrons. The molecule has 6 heteroatoms. The molecular formula is C19H12F2N2O2. The number of phenolic OH excluding ortho intramolecular Hbond substituents is 2. The number of benzene rings is 2. The van der Waals surface area contributed by atoms with Crippen LogP contribution in [0.4, 0.5) is 8.78 Å². The maximum absolute atomic E-state index is 13.5. The van der Waals surface area contributed by atoms with Gasteiger partial charge in [0.2, 0.25) is 0 Å². The number of nitrogens with zero attached hydrogens (tertiary/aromatic N) is 1. The largest absolute Gasteiger partial charge is 0.504 e. The van der Waals surface area contributed by atoms with Crippen molar-refractivity contribution in [2.24, 2.45) is 0 Å². The van der Waals surface area contributed by atoms with Crippen LogP contribution in [0, 0.1) is 11.6 Å². The summed E-state index contributed by atoms with van der Waals surface area (Å²) in [5.41, 5.74) is 3.20. The molecule has 0 aliphatic heterocycles. The number of nitrogens with one attached hydrogen (secondary N) is 1. The lowest BCUT2D eigenvalue weighted by Crippen LogP contribution is -1.86. The van der Waals surface area contributed by atoms with Crippen molar-refractivity contribution in [1.82, 2.24) is 9.97 Å². The van der Waals surface area contributed by atoms with E-state index in [0.29, 0.717) is 27.9 Å². The number of hydrogen-bond acceptors (Lipinski definition) is 3. The summed E-state index contributed by atoms with van der Waals surface area (Å²) in [5.74, 6) is -2.25. The van der Waals surface area contributed by atoms with Gasteiger partial charge in [-0.2, -0.15) is 0 Å². The number of rotatable bonds is 2. The first-order valence-electron chi connectivity index (χ1n) is 7.48. The Bertz CT molecular complexity index is 1110. The molecule has 2 aromatic carbocycles. The molecule has 4 aromatic rings. The number of phenols is 2. The van der Waals surface area contributed by atoms with E-state index in [1.807, 2.05) is 6.07 Å².